The zero-order valence-electron chi connectivity index (χ0n) is 8.69. The predicted molar refractivity (Wildman–Crippen MR) is 66.5 cm³/mol. The van der Waals surface area contributed by atoms with E-state index < -0.39 is 5.97 Å². The quantitative estimate of drug-likeness (QED) is 0.766. The number of rotatable bonds is 7. The third kappa shape index (κ3) is 5.88. The zero-order valence-corrected chi connectivity index (χ0v) is 10.3. The summed E-state index contributed by atoms with van der Waals surface area (Å²) in [5.74, 6) is 0.956. The summed E-state index contributed by atoms with van der Waals surface area (Å²) >= 11 is 7.13. The lowest BCUT2D eigenvalue weighted by molar-refractivity contribution is -0.133. The minimum absolute atomic E-state index is 0.154. The number of ether oxygens (including phenoxy) is 1. The molecule has 0 heterocycles. The number of halogens is 1. The highest BCUT2D eigenvalue weighted by molar-refractivity contribution is 7.99. The van der Waals surface area contributed by atoms with E-state index in [4.69, 9.17) is 21.4 Å². The highest BCUT2D eigenvalue weighted by atomic mass is 35.5. The molecule has 1 aromatic carbocycles. The monoisotopic (exact) mass is 260 g/mol. The van der Waals surface area contributed by atoms with Crippen LogP contribution in [0.2, 0.25) is 5.02 Å². The van der Waals surface area contributed by atoms with Crippen LogP contribution in [-0.4, -0.2) is 29.2 Å². The van der Waals surface area contributed by atoms with Crippen molar-refractivity contribution < 1.29 is 14.6 Å². The van der Waals surface area contributed by atoms with E-state index >= 15 is 0 Å². The number of hydrogen-bond acceptors (Lipinski definition) is 3. The summed E-state index contributed by atoms with van der Waals surface area (Å²) in [6.07, 6.45) is 0.834. The van der Waals surface area contributed by atoms with Crippen molar-refractivity contribution in [1.29, 1.82) is 0 Å². The Bertz CT molecular complexity index is 327. The summed E-state index contributed by atoms with van der Waals surface area (Å²) in [5.41, 5.74) is 0. The normalized spacial score (nSPS) is 10.1. The molecule has 3 nitrogen and oxygen atoms in total. The molecule has 16 heavy (non-hydrogen) atoms. The van der Waals surface area contributed by atoms with E-state index in [0.29, 0.717) is 11.6 Å². The first-order valence-corrected chi connectivity index (χ1v) is 6.39. The lowest BCUT2D eigenvalue weighted by atomic mass is 10.3. The van der Waals surface area contributed by atoms with Gasteiger partial charge in [0.25, 0.3) is 0 Å². The van der Waals surface area contributed by atoms with Crippen LogP contribution >= 0.6 is 23.4 Å². The Balaban J connectivity index is 2.07. The van der Waals surface area contributed by atoms with Crippen LogP contribution in [0.3, 0.4) is 0 Å². The standard InChI is InChI=1S/C11H13ClO3S/c12-9-2-4-10(5-3-9)15-6-1-7-16-8-11(13)14/h2-5H,1,6-8H2,(H,13,14). The molecule has 0 bridgehead atoms. The van der Waals surface area contributed by atoms with Crippen molar-refractivity contribution in [1.82, 2.24) is 0 Å². The van der Waals surface area contributed by atoms with E-state index in [1.54, 1.807) is 12.1 Å². The Labute approximate surface area is 104 Å². The number of hydrogen-bond donors (Lipinski definition) is 1. The topological polar surface area (TPSA) is 46.5 Å². The van der Waals surface area contributed by atoms with Gasteiger partial charge in [0.05, 0.1) is 12.4 Å². The molecule has 0 fully saturated rings. The predicted octanol–water partition coefficient (Wildman–Crippen LogP) is 2.93. The van der Waals surface area contributed by atoms with Crippen LogP contribution in [0.5, 0.6) is 5.75 Å². The number of aliphatic carboxylic acids is 1. The highest BCUT2D eigenvalue weighted by Gasteiger charge is 1.97. The first-order valence-electron chi connectivity index (χ1n) is 4.86. The van der Waals surface area contributed by atoms with Gasteiger partial charge in [-0.1, -0.05) is 11.6 Å². The van der Waals surface area contributed by atoms with Crippen LogP contribution in [0, 0.1) is 0 Å². The van der Waals surface area contributed by atoms with Crippen LogP contribution < -0.4 is 4.74 Å². The van der Waals surface area contributed by atoms with E-state index in [0.717, 1.165) is 17.9 Å². The first-order chi connectivity index (χ1) is 7.68. The Hall–Kier alpha value is -0.870. The van der Waals surface area contributed by atoms with Crippen LogP contribution in [0.4, 0.5) is 0 Å². The largest absolute Gasteiger partial charge is 0.494 e. The van der Waals surface area contributed by atoms with Gasteiger partial charge < -0.3 is 9.84 Å². The average molecular weight is 261 g/mol. The fraction of sp³-hybridized carbons (Fsp3) is 0.364. The molecule has 0 atom stereocenters. The van der Waals surface area contributed by atoms with E-state index in [1.807, 2.05) is 12.1 Å². The molecule has 1 aromatic rings. The molecule has 0 unspecified atom stereocenters. The van der Waals surface area contributed by atoms with Crippen molar-refractivity contribution >= 4 is 29.3 Å². The van der Waals surface area contributed by atoms with E-state index in [2.05, 4.69) is 0 Å². The van der Waals surface area contributed by atoms with Crippen LogP contribution in [0.15, 0.2) is 24.3 Å². The van der Waals surface area contributed by atoms with Gasteiger partial charge >= 0.3 is 5.97 Å². The van der Waals surface area contributed by atoms with Crippen LogP contribution in [0.25, 0.3) is 0 Å². The molecule has 88 valence electrons. The molecule has 0 aliphatic heterocycles. The minimum Gasteiger partial charge on any atom is -0.494 e. The molecule has 0 amide bonds. The molecular weight excluding hydrogens is 248 g/mol. The van der Waals surface area contributed by atoms with Gasteiger partial charge in [0, 0.05) is 5.02 Å². The maximum atomic E-state index is 10.2. The fourth-order valence-electron chi connectivity index (χ4n) is 1.04. The Morgan fingerprint density at radius 2 is 2.06 bits per heavy atom. The van der Waals surface area contributed by atoms with E-state index in [9.17, 15) is 4.79 Å². The van der Waals surface area contributed by atoms with Crippen LogP contribution in [-0.2, 0) is 4.79 Å². The molecule has 1 N–H and O–H groups in total. The Morgan fingerprint density at radius 1 is 1.38 bits per heavy atom. The first kappa shape index (κ1) is 13.2. The third-order valence-electron chi connectivity index (χ3n) is 1.74. The number of benzene rings is 1. The third-order valence-corrected chi connectivity index (χ3v) is 3.02. The average Bonchev–Trinajstić information content (AvgIpc) is 2.25. The summed E-state index contributed by atoms with van der Waals surface area (Å²) in [6.45, 7) is 0.592. The van der Waals surface area contributed by atoms with Crippen molar-refractivity contribution in [2.45, 2.75) is 6.42 Å². The van der Waals surface area contributed by atoms with Crippen LogP contribution in [0.1, 0.15) is 6.42 Å². The summed E-state index contributed by atoms with van der Waals surface area (Å²) in [7, 11) is 0. The second-order valence-electron chi connectivity index (χ2n) is 3.10. The second-order valence-corrected chi connectivity index (χ2v) is 4.64. The van der Waals surface area contributed by atoms with Gasteiger partial charge in [-0.3, -0.25) is 4.79 Å². The molecule has 0 saturated heterocycles. The molecule has 0 aliphatic rings. The molecule has 0 saturated carbocycles. The molecule has 0 radical (unpaired) electrons. The number of carboxylic acids is 1. The highest BCUT2D eigenvalue weighted by Crippen LogP contribution is 2.15. The summed E-state index contributed by atoms with van der Waals surface area (Å²) in [4.78, 5) is 10.2. The van der Waals surface area contributed by atoms with Crippen molar-refractivity contribution in [3.63, 3.8) is 0 Å². The molecule has 0 aliphatic carbocycles. The van der Waals surface area contributed by atoms with Gasteiger partial charge in [-0.2, -0.15) is 11.8 Å². The Morgan fingerprint density at radius 3 is 2.69 bits per heavy atom. The van der Waals surface area contributed by atoms with E-state index in [-0.39, 0.29) is 5.75 Å². The summed E-state index contributed by atoms with van der Waals surface area (Å²) < 4.78 is 5.45. The maximum absolute atomic E-state index is 10.2. The summed E-state index contributed by atoms with van der Waals surface area (Å²) in [5, 5.41) is 9.09. The zero-order chi connectivity index (χ0) is 11.8. The molecule has 0 spiro atoms. The lowest BCUT2D eigenvalue weighted by Crippen LogP contribution is -2.02. The molecule has 1 rings (SSSR count). The lowest BCUT2D eigenvalue weighted by Gasteiger charge is -2.05. The Kier molecular flexibility index (Phi) is 6.11. The van der Waals surface area contributed by atoms with Gasteiger partial charge in [0.2, 0.25) is 0 Å². The maximum Gasteiger partial charge on any atom is 0.313 e. The van der Waals surface area contributed by atoms with Gasteiger partial charge in [-0.15, -0.1) is 0 Å². The number of thioether (sulfide) groups is 1. The smallest absolute Gasteiger partial charge is 0.313 e. The fourth-order valence-corrected chi connectivity index (χ4v) is 1.81. The van der Waals surface area contributed by atoms with Gasteiger partial charge in [0.1, 0.15) is 5.75 Å². The van der Waals surface area contributed by atoms with Gasteiger partial charge in [-0.05, 0) is 36.4 Å². The number of carboxylic acid groups (broad SMARTS) is 1. The minimum atomic E-state index is -0.774. The van der Waals surface area contributed by atoms with Crippen molar-refractivity contribution in [2.24, 2.45) is 0 Å². The molecule has 0 aromatic heterocycles. The van der Waals surface area contributed by atoms with Gasteiger partial charge in [-0.25, -0.2) is 0 Å². The second kappa shape index (κ2) is 7.41. The van der Waals surface area contributed by atoms with Crippen molar-refractivity contribution in [2.75, 3.05) is 18.1 Å². The van der Waals surface area contributed by atoms with E-state index in [1.165, 1.54) is 11.8 Å². The van der Waals surface area contributed by atoms with Gasteiger partial charge in [0.15, 0.2) is 0 Å². The SMILES string of the molecule is O=C(O)CSCCCOc1ccc(Cl)cc1. The summed E-state index contributed by atoms with van der Waals surface area (Å²) in [6, 6.07) is 7.17. The molecule has 5 heteroatoms. The van der Waals surface area contributed by atoms with Crippen molar-refractivity contribution in [3.05, 3.63) is 29.3 Å². The molecular formula is C11H13ClO3S. The number of carbonyl (C=O) groups is 1. The van der Waals surface area contributed by atoms with Crippen molar-refractivity contribution in [3.8, 4) is 5.75 Å².